The SMILES string of the molecule is CCCC(F)(F)c1ccc(C2CCC(=O)CC2)cc1. The van der Waals surface area contributed by atoms with Gasteiger partial charge in [0, 0.05) is 24.8 Å². The zero-order valence-electron chi connectivity index (χ0n) is 11.3. The number of benzene rings is 1. The van der Waals surface area contributed by atoms with Crippen molar-refractivity contribution in [2.24, 2.45) is 0 Å². The third kappa shape index (κ3) is 3.40. The van der Waals surface area contributed by atoms with Crippen LogP contribution in [0, 0.1) is 0 Å². The zero-order chi connectivity index (χ0) is 13.9. The summed E-state index contributed by atoms with van der Waals surface area (Å²) >= 11 is 0. The molecule has 1 aliphatic rings. The first-order valence-electron chi connectivity index (χ1n) is 7.03. The Morgan fingerprint density at radius 1 is 1.16 bits per heavy atom. The molecule has 2 rings (SSSR count). The molecule has 0 amide bonds. The lowest BCUT2D eigenvalue weighted by atomic mass is 9.83. The van der Waals surface area contributed by atoms with Crippen molar-refractivity contribution in [3.8, 4) is 0 Å². The third-order valence-electron chi connectivity index (χ3n) is 3.91. The molecule has 3 heteroatoms. The standard InChI is InChI=1S/C16H20F2O/c1-2-11-16(17,18)14-7-3-12(4-8-14)13-5-9-15(19)10-6-13/h3-4,7-8,13H,2,5-6,9-11H2,1H3. The van der Waals surface area contributed by atoms with Gasteiger partial charge in [-0.3, -0.25) is 4.79 Å². The number of hydrogen-bond acceptors (Lipinski definition) is 1. The molecule has 0 aromatic heterocycles. The van der Waals surface area contributed by atoms with Crippen LogP contribution in [0.3, 0.4) is 0 Å². The van der Waals surface area contributed by atoms with Crippen LogP contribution in [0.2, 0.25) is 0 Å². The summed E-state index contributed by atoms with van der Waals surface area (Å²) in [6.07, 6.45) is 3.31. The summed E-state index contributed by atoms with van der Waals surface area (Å²) in [5, 5.41) is 0. The average Bonchev–Trinajstić information content (AvgIpc) is 2.40. The van der Waals surface area contributed by atoms with E-state index in [1.807, 2.05) is 0 Å². The molecule has 1 aromatic carbocycles. The highest BCUT2D eigenvalue weighted by Crippen LogP contribution is 2.35. The van der Waals surface area contributed by atoms with Gasteiger partial charge in [-0.05, 0) is 24.3 Å². The van der Waals surface area contributed by atoms with E-state index in [9.17, 15) is 13.6 Å². The van der Waals surface area contributed by atoms with Crippen LogP contribution in [0.25, 0.3) is 0 Å². The maximum Gasteiger partial charge on any atom is 0.273 e. The highest BCUT2D eigenvalue weighted by Gasteiger charge is 2.30. The van der Waals surface area contributed by atoms with Crippen LogP contribution in [-0.2, 0) is 10.7 Å². The topological polar surface area (TPSA) is 17.1 Å². The molecule has 0 radical (unpaired) electrons. The predicted molar refractivity (Wildman–Crippen MR) is 71.5 cm³/mol. The summed E-state index contributed by atoms with van der Waals surface area (Å²) < 4.78 is 27.5. The van der Waals surface area contributed by atoms with E-state index in [1.54, 1.807) is 31.2 Å². The Kier molecular flexibility index (Phi) is 4.33. The van der Waals surface area contributed by atoms with E-state index < -0.39 is 5.92 Å². The minimum Gasteiger partial charge on any atom is -0.300 e. The molecule has 1 saturated carbocycles. The summed E-state index contributed by atoms with van der Waals surface area (Å²) in [6.45, 7) is 1.77. The molecule has 0 spiro atoms. The molecule has 1 aliphatic carbocycles. The summed E-state index contributed by atoms with van der Waals surface area (Å²) in [7, 11) is 0. The fourth-order valence-corrected chi connectivity index (χ4v) is 2.73. The number of carbonyl (C=O) groups is 1. The molecular weight excluding hydrogens is 246 g/mol. The lowest BCUT2D eigenvalue weighted by Gasteiger charge is -2.22. The van der Waals surface area contributed by atoms with Crippen molar-refractivity contribution >= 4 is 5.78 Å². The Morgan fingerprint density at radius 3 is 2.26 bits per heavy atom. The molecule has 1 aromatic rings. The first kappa shape index (κ1) is 14.2. The third-order valence-corrected chi connectivity index (χ3v) is 3.91. The van der Waals surface area contributed by atoms with Gasteiger partial charge in [0.15, 0.2) is 0 Å². The van der Waals surface area contributed by atoms with Gasteiger partial charge in [-0.25, -0.2) is 8.78 Å². The van der Waals surface area contributed by atoms with E-state index in [1.165, 1.54) is 0 Å². The second-order valence-electron chi connectivity index (χ2n) is 5.39. The van der Waals surface area contributed by atoms with E-state index in [2.05, 4.69) is 0 Å². The summed E-state index contributed by atoms with van der Waals surface area (Å²) in [5.74, 6) is -2.05. The van der Waals surface area contributed by atoms with Crippen molar-refractivity contribution in [3.63, 3.8) is 0 Å². The van der Waals surface area contributed by atoms with Gasteiger partial charge in [0.05, 0.1) is 0 Å². The molecule has 0 heterocycles. The average molecular weight is 266 g/mol. The quantitative estimate of drug-likeness (QED) is 0.764. The summed E-state index contributed by atoms with van der Waals surface area (Å²) in [5.41, 5.74) is 1.19. The van der Waals surface area contributed by atoms with E-state index in [4.69, 9.17) is 0 Å². The Hall–Kier alpha value is -1.25. The molecule has 19 heavy (non-hydrogen) atoms. The zero-order valence-corrected chi connectivity index (χ0v) is 11.3. The van der Waals surface area contributed by atoms with Gasteiger partial charge in [0.1, 0.15) is 5.78 Å². The van der Waals surface area contributed by atoms with Crippen molar-refractivity contribution in [3.05, 3.63) is 35.4 Å². The van der Waals surface area contributed by atoms with Gasteiger partial charge in [-0.2, -0.15) is 0 Å². The van der Waals surface area contributed by atoms with Gasteiger partial charge < -0.3 is 0 Å². The highest BCUT2D eigenvalue weighted by molar-refractivity contribution is 5.79. The molecule has 0 unspecified atom stereocenters. The van der Waals surface area contributed by atoms with E-state index >= 15 is 0 Å². The number of halogens is 2. The number of rotatable bonds is 4. The van der Waals surface area contributed by atoms with Crippen molar-refractivity contribution < 1.29 is 13.6 Å². The Morgan fingerprint density at radius 2 is 1.74 bits per heavy atom. The monoisotopic (exact) mass is 266 g/mol. The fourth-order valence-electron chi connectivity index (χ4n) is 2.73. The van der Waals surface area contributed by atoms with Crippen LogP contribution in [0.1, 0.15) is 62.5 Å². The van der Waals surface area contributed by atoms with Crippen LogP contribution in [0.5, 0.6) is 0 Å². The minimum atomic E-state index is -2.73. The van der Waals surface area contributed by atoms with Gasteiger partial charge in [0.25, 0.3) is 5.92 Å². The van der Waals surface area contributed by atoms with Gasteiger partial charge in [-0.15, -0.1) is 0 Å². The second-order valence-corrected chi connectivity index (χ2v) is 5.39. The number of alkyl halides is 2. The van der Waals surface area contributed by atoms with Crippen LogP contribution >= 0.6 is 0 Å². The summed E-state index contributed by atoms with van der Waals surface area (Å²) in [4.78, 5) is 11.2. The molecule has 1 fully saturated rings. The second kappa shape index (κ2) is 5.81. The van der Waals surface area contributed by atoms with Crippen molar-refractivity contribution in [2.45, 2.75) is 57.3 Å². The first-order valence-corrected chi connectivity index (χ1v) is 7.03. The number of Topliss-reactive ketones (excluding diaryl/α,β-unsaturated/α-hetero) is 1. The van der Waals surface area contributed by atoms with Gasteiger partial charge >= 0.3 is 0 Å². The maximum atomic E-state index is 13.7. The summed E-state index contributed by atoms with van der Waals surface area (Å²) in [6, 6.07) is 6.70. The largest absolute Gasteiger partial charge is 0.300 e. The predicted octanol–water partition coefficient (Wildman–Crippen LogP) is 4.81. The Balaban J connectivity index is 2.08. The van der Waals surface area contributed by atoms with E-state index in [0.717, 1.165) is 18.4 Å². The highest BCUT2D eigenvalue weighted by atomic mass is 19.3. The van der Waals surface area contributed by atoms with Crippen LogP contribution in [0.4, 0.5) is 8.78 Å². The molecular formula is C16H20F2O. The van der Waals surface area contributed by atoms with Crippen LogP contribution in [-0.4, -0.2) is 5.78 Å². The van der Waals surface area contributed by atoms with Gasteiger partial charge in [0.2, 0.25) is 0 Å². The van der Waals surface area contributed by atoms with Crippen LogP contribution in [0.15, 0.2) is 24.3 Å². The van der Waals surface area contributed by atoms with Crippen LogP contribution < -0.4 is 0 Å². The molecule has 0 atom stereocenters. The Labute approximate surface area is 113 Å². The van der Waals surface area contributed by atoms with Crippen molar-refractivity contribution in [1.29, 1.82) is 0 Å². The number of carbonyl (C=O) groups excluding carboxylic acids is 1. The maximum absolute atomic E-state index is 13.7. The van der Waals surface area contributed by atoms with Crippen molar-refractivity contribution in [1.82, 2.24) is 0 Å². The number of ketones is 1. The van der Waals surface area contributed by atoms with Crippen molar-refractivity contribution in [2.75, 3.05) is 0 Å². The van der Waals surface area contributed by atoms with E-state index in [-0.39, 0.29) is 12.0 Å². The molecule has 0 N–H and O–H groups in total. The smallest absolute Gasteiger partial charge is 0.273 e. The lowest BCUT2D eigenvalue weighted by Crippen LogP contribution is -2.14. The number of hydrogen-bond donors (Lipinski definition) is 0. The Bertz CT molecular complexity index is 427. The normalized spacial score (nSPS) is 17.7. The minimum absolute atomic E-state index is 0.102. The molecule has 1 nitrogen and oxygen atoms in total. The first-order chi connectivity index (χ1) is 9.03. The molecule has 0 bridgehead atoms. The van der Waals surface area contributed by atoms with Gasteiger partial charge in [-0.1, -0.05) is 37.6 Å². The molecule has 0 saturated heterocycles. The van der Waals surface area contributed by atoms with E-state index in [0.29, 0.717) is 31.0 Å². The molecule has 104 valence electrons. The lowest BCUT2D eigenvalue weighted by molar-refractivity contribution is -0.120. The molecule has 0 aliphatic heterocycles. The fraction of sp³-hybridized carbons (Fsp3) is 0.562.